The van der Waals surface area contributed by atoms with E-state index in [-0.39, 0.29) is 12.5 Å². The lowest BCUT2D eigenvalue weighted by Crippen LogP contribution is -2.23. The molecule has 0 saturated heterocycles. The molecule has 0 spiro atoms. The van der Waals surface area contributed by atoms with Gasteiger partial charge in [-0.2, -0.15) is 4.98 Å². The fourth-order valence-electron chi connectivity index (χ4n) is 3.33. The van der Waals surface area contributed by atoms with E-state index in [0.717, 1.165) is 12.8 Å². The first-order valence-corrected chi connectivity index (χ1v) is 9.07. The molecule has 0 atom stereocenters. The second kappa shape index (κ2) is 8.75. The van der Waals surface area contributed by atoms with Gasteiger partial charge >= 0.3 is 0 Å². The van der Waals surface area contributed by atoms with Crippen LogP contribution in [-0.4, -0.2) is 37.4 Å². The highest BCUT2D eigenvalue weighted by atomic mass is 16.5. The predicted octanol–water partition coefficient (Wildman–Crippen LogP) is 3.07. The van der Waals surface area contributed by atoms with Gasteiger partial charge in [0.25, 0.3) is 5.91 Å². The Balaban J connectivity index is 1.66. The first-order chi connectivity index (χ1) is 13.2. The predicted molar refractivity (Wildman–Crippen MR) is 97.4 cm³/mol. The van der Waals surface area contributed by atoms with Crippen molar-refractivity contribution in [2.75, 3.05) is 21.3 Å². The van der Waals surface area contributed by atoms with E-state index in [0.29, 0.717) is 40.4 Å². The number of rotatable bonds is 7. The molecular weight excluding hydrogens is 350 g/mol. The number of nitrogens with zero attached hydrogens (tertiary/aromatic N) is 2. The van der Waals surface area contributed by atoms with E-state index in [4.69, 9.17) is 18.7 Å². The van der Waals surface area contributed by atoms with Crippen molar-refractivity contribution in [2.45, 2.75) is 44.6 Å². The average Bonchev–Trinajstić information content (AvgIpc) is 3.20. The van der Waals surface area contributed by atoms with Gasteiger partial charge in [0, 0.05) is 11.5 Å². The van der Waals surface area contributed by atoms with Gasteiger partial charge in [0.1, 0.15) is 0 Å². The molecule has 2 aromatic rings. The summed E-state index contributed by atoms with van der Waals surface area (Å²) in [5, 5.41) is 6.78. The van der Waals surface area contributed by atoms with E-state index < -0.39 is 0 Å². The molecule has 8 heteroatoms. The largest absolute Gasteiger partial charge is 0.493 e. The summed E-state index contributed by atoms with van der Waals surface area (Å²) in [4.78, 5) is 16.9. The normalized spacial score (nSPS) is 14.6. The molecule has 1 saturated carbocycles. The smallest absolute Gasteiger partial charge is 0.251 e. The number of methoxy groups -OCH3 is 3. The monoisotopic (exact) mass is 375 g/mol. The van der Waals surface area contributed by atoms with Crippen molar-refractivity contribution in [1.29, 1.82) is 0 Å². The Bertz CT molecular complexity index is 758. The molecule has 1 heterocycles. The van der Waals surface area contributed by atoms with Gasteiger partial charge in [0.15, 0.2) is 17.3 Å². The summed E-state index contributed by atoms with van der Waals surface area (Å²) < 4.78 is 21.2. The van der Waals surface area contributed by atoms with Crippen LogP contribution in [0.5, 0.6) is 17.2 Å². The van der Waals surface area contributed by atoms with Crippen LogP contribution in [0.1, 0.15) is 60.1 Å². The lowest BCUT2D eigenvalue weighted by molar-refractivity contribution is 0.0949. The Labute approximate surface area is 158 Å². The number of ether oxygens (including phenoxy) is 3. The van der Waals surface area contributed by atoms with E-state index in [1.54, 1.807) is 12.1 Å². The molecule has 1 aromatic carbocycles. The summed E-state index contributed by atoms with van der Waals surface area (Å²) in [6.45, 7) is 0.186. The molecule has 27 heavy (non-hydrogen) atoms. The molecule has 0 unspecified atom stereocenters. The molecule has 0 radical (unpaired) electrons. The summed E-state index contributed by atoms with van der Waals surface area (Å²) in [5.41, 5.74) is 0.389. The molecule has 146 valence electrons. The second-order valence-corrected chi connectivity index (χ2v) is 6.48. The molecule has 1 aliphatic rings. The minimum absolute atomic E-state index is 0.186. The van der Waals surface area contributed by atoms with Crippen molar-refractivity contribution < 1.29 is 23.5 Å². The van der Waals surface area contributed by atoms with Crippen LogP contribution >= 0.6 is 0 Å². The third-order valence-corrected chi connectivity index (χ3v) is 4.77. The van der Waals surface area contributed by atoms with Crippen molar-refractivity contribution in [3.8, 4) is 17.2 Å². The summed E-state index contributed by atoms with van der Waals surface area (Å²) >= 11 is 0. The minimum Gasteiger partial charge on any atom is -0.493 e. The zero-order valence-electron chi connectivity index (χ0n) is 15.9. The zero-order valence-corrected chi connectivity index (χ0v) is 15.9. The fourth-order valence-corrected chi connectivity index (χ4v) is 3.33. The molecule has 1 amide bonds. The van der Waals surface area contributed by atoms with Crippen LogP contribution in [-0.2, 0) is 6.54 Å². The van der Waals surface area contributed by atoms with Gasteiger partial charge < -0.3 is 24.1 Å². The summed E-state index contributed by atoms with van der Waals surface area (Å²) in [5.74, 6) is 2.46. The highest BCUT2D eigenvalue weighted by molar-refractivity contribution is 5.95. The molecule has 0 bridgehead atoms. The van der Waals surface area contributed by atoms with Crippen molar-refractivity contribution in [1.82, 2.24) is 15.5 Å². The van der Waals surface area contributed by atoms with Crippen molar-refractivity contribution >= 4 is 5.91 Å². The minimum atomic E-state index is -0.293. The summed E-state index contributed by atoms with van der Waals surface area (Å²) in [7, 11) is 4.52. The zero-order chi connectivity index (χ0) is 19.2. The molecule has 8 nitrogen and oxygen atoms in total. The van der Waals surface area contributed by atoms with Crippen LogP contribution in [0.2, 0.25) is 0 Å². The Morgan fingerprint density at radius 3 is 2.37 bits per heavy atom. The van der Waals surface area contributed by atoms with E-state index >= 15 is 0 Å². The Hall–Kier alpha value is -2.77. The molecule has 0 aliphatic heterocycles. The maximum Gasteiger partial charge on any atom is 0.251 e. The van der Waals surface area contributed by atoms with Crippen molar-refractivity contribution in [2.24, 2.45) is 0 Å². The Kier molecular flexibility index (Phi) is 6.16. The third kappa shape index (κ3) is 4.32. The van der Waals surface area contributed by atoms with E-state index in [2.05, 4.69) is 15.5 Å². The van der Waals surface area contributed by atoms with Crippen LogP contribution in [0.3, 0.4) is 0 Å². The van der Waals surface area contributed by atoms with Gasteiger partial charge in [-0.15, -0.1) is 0 Å². The van der Waals surface area contributed by atoms with Gasteiger partial charge in [0.05, 0.1) is 27.9 Å². The van der Waals surface area contributed by atoms with Crippen LogP contribution in [0, 0.1) is 0 Å². The Morgan fingerprint density at radius 2 is 1.78 bits per heavy atom. The number of aromatic nitrogens is 2. The Morgan fingerprint density at radius 1 is 1.11 bits per heavy atom. The number of nitrogens with one attached hydrogen (secondary N) is 1. The first-order valence-electron chi connectivity index (χ1n) is 9.07. The van der Waals surface area contributed by atoms with Crippen molar-refractivity contribution in [3.05, 3.63) is 29.4 Å². The van der Waals surface area contributed by atoms with Crippen LogP contribution in [0.4, 0.5) is 0 Å². The van der Waals surface area contributed by atoms with Crippen LogP contribution < -0.4 is 19.5 Å². The van der Waals surface area contributed by atoms with E-state index in [1.165, 1.54) is 40.6 Å². The van der Waals surface area contributed by atoms with Gasteiger partial charge in [-0.25, -0.2) is 0 Å². The van der Waals surface area contributed by atoms with Crippen LogP contribution in [0.15, 0.2) is 16.7 Å². The maximum absolute atomic E-state index is 12.5. The topological polar surface area (TPSA) is 95.7 Å². The lowest BCUT2D eigenvalue weighted by Gasteiger charge is -2.17. The quantitative estimate of drug-likeness (QED) is 0.794. The molecule has 1 N–H and O–H groups in total. The average molecular weight is 375 g/mol. The number of hydrogen-bond donors (Lipinski definition) is 1. The third-order valence-electron chi connectivity index (χ3n) is 4.77. The fraction of sp³-hybridized carbons (Fsp3) is 0.526. The van der Waals surface area contributed by atoms with E-state index in [1.807, 2.05) is 0 Å². The number of carbonyl (C=O) groups excluding carboxylic acids is 1. The second-order valence-electron chi connectivity index (χ2n) is 6.48. The molecule has 1 aromatic heterocycles. The number of benzene rings is 1. The van der Waals surface area contributed by atoms with Gasteiger partial charge in [-0.05, 0) is 25.0 Å². The standard InChI is InChI=1S/C19H25N3O5/c1-24-14-9-13(10-15(25-2)17(14)26-3)18(23)20-11-16-21-19(27-22-16)12-7-5-4-6-8-12/h9-10,12H,4-8,11H2,1-3H3,(H,20,23). The molecule has 3 rings (SSSR count). The molecule has 1 aliphatic carbocycles. The van der Waals surface area contributed by atoms with Gasteiger partial charge in [0.2, 0.25) is 11.6 Å². The summed E-state index contributed by atoms with van der Waals surface area (Å²) in [6, 6.07) is 3.20. The van der Waals surface area contributed by atoms with Gasteiger partial charge in [-0.3, -0.25) is 4.79 Å². The first kappa shape index (κ1) is 19.0. The van der Waals surface area contributed by atoms with Crippen molar-refractivity contribution in [3.63, 3.8) is 0 Å². The molecular formula is C19H25N3O5. The number of carbonyl (C=O) groups is 1. The highest BCUT2D eigenvalue weighted by Gasteiger charge is 2.22. The maximum atomic E-state index is 12.5. The van der Waals surface area contributed by atoms with Gasteiger partial charge in [-0.1, -0.05) is 24.4 Å². The number of hydrogen-bond acceptors (Lipinski definition) is 7. The lowest BCUT2D eigenvalue weighted by atomic mass is 9.89. The highest BCUT2D eigenvalue weighted by Crippen LogP contribution is 2.38. The molecule has 1 fully saturated rings. The SMILES string of the molecule is COc1cc(C(=O)NCc2noc(C3CCCCC3)n2)cc(OC)c1OC. The van der Waals surface area contributed by atoms with E-state index in [9.17, 15) is 4.79 Å². The summed E-state index contributed by atoms with van der Waals surface area (Å²) in [6.07, 6.45) is 5.82. The number of amides is 1. The van der Waals surface area contributed by atoms with Crippen LogP contribution in [0.25, 0.3) is 0 Å².